The van der Waals surface area contributed by atoms with Gasteiger partial charge in [-0.05, 0) is 47.6 Å². The van der Waals surface area contributed by atoms with E-state index in [1.54, 1.807) is 20.8 Å². The van der Waals surface area contributed by atoms with Gasteiger partial charge in [0.25, 0.3) is 0 Å². The summed E-state index contributed by atoms with van der Waals surface area (Å²) in [5.74, 6) is -3.24. The molecule has 1 aliphatic heterocycles. The fourth-order valence-electron chi connectivity index (χ4n) is 2.69. The Balaban J connectivity index is 2.35. The standard InChI is InChI=1S/C17H27F2N3O4/c1-15(2,3)21-11-7-8-22(14(24)20-11)13-17(18,19)12(10(9-23)25-13)26-16(4,5)6/h7-8,10,12-13,23H,9H2,1-6H3,(H,20,21,24)/t10?,12?,13-/m1/s1. The lowest BCUT2D eigenvalue weighted by atomic mass is 10.1. The lowest BCUT2D eigenvalue weighted by Crippen LogP contribution is -2.46. The fraction of sp³-hybridized carbons (Fsp3) is 0.765. The van der Waals surface area contributed by atoms with Gasteiger partial charge in [0.1, 0.15) is 11.9 Å². The van der Waals surface area contributed by atoms with Crippen molar-refractivity contribution in [1.82, 2.24) is 9.55 Å². The second kappa shape index (κ2) is 6.86. The van der Waals surface area contributed by atoms with Crippen molar-refractivity contribution in [3.05, 3.63) is 22.7 Å². The van der Waals surface area contributed by atoms with Crippen molar-refractivity contribution in [3.63, 3.8) is 0 Å². The molecule has 0 radical (unpaired) electrons. The Bertz CT molecular complexity index is 694. The minimum atomic E-state index is -3.52. The molecule has 7 nitrogen and oxygen atoms in total. The SMILES string of the molecule is CC(C)(C)Nc1ccn([C@@H]2OC(CO)C(OC(C)(C)C)C2(F)F)c(=O)n1. The van der Waals surface area contributed by atoms with Crippen molar-refractivity contribution in [2.24, 2.45) is 0 Å². The molecule has 148 valence electrons. The fourth-order valence-corrected chi connectivity index (χ4v) is 2.69. The number of halogens is 2. The molecule has 9 heteroatoms. The van der Waals surface area contributed by atoms with E-state index in [1.807, 2.05) is 20.8 Å². The van der Waals surface area contributed by atoms with Crippen molar-refractivity contribution < 1.29 is 23.4 Å². The van der Waals surface area contributed by atoms with Crippen LogP contribution < -0.4 is 11.0 Å². The maximum atomic E-state index is 14.9. The van der Waals surface area contributed by atoms with Gasteiger partial charge < -0.3 is 19.9 Å². The number of aliphatic hydroxyl groups excluding tert-OH is 1. The van der Waals surface area contributed by atoms with Crippen LogP contribution in [0.3, 0.4) is 0 Å². The van der Waals surface area contributed by atoms with Gasteiger partial charge in [0, 0.05) is 11.7 Å². The van der Waals surface area contributed by atoms with Gasteiger partial charge in [0.15, 0.2) is 6.10 Å². The number of ether oxygens (including phenoxy) is 2. The summed E-state index contributed by atoms with van der Waals surface area (Å²) in [4.78, 5) is 16.1. The smallest absolute Gasteiger partial charge is 0.351 e. The Morgan fingerprint density at radius 2 is 1.96 bits per heavy atom. The first-order valence-electron chi connectivity index (χ1n) is 8.44. The molecule has 0 bridgehead atoms. The van der Waals surface area contributed by atoms with Crippen LogP contribution in [0.2, 0.25) is 0 Å². The third kappa shape index (κ3) is 4.57. The lowest BCUT2D eigenvalue weighted by molar-refractivity contribution is -0.184. The third-order valence-electron chi connectivity index (χ3n) is 3.60. The Hall–Kier alpha value is -1.58. The van der Waals surface area contributed by atoms with Crippen LogP contribution in [0.25, 0.3) is 0 Å². The molecule has 0 amide bonds. The first-order chi connectivity index (χ1) is 11.7. The third-order valence-corrected chi connectivity index (χ3v) is 3.60. The van der Waals surface area contributed by atoms with E-state index in [1.165, 1.54) is 12.3 Å². The monoisotopic (exact) mass is 375 g/mol. The summed E-state index contributed by atoms with van der Waals surface area (Å²) in [7, 11) is 0. The van der Waals surface area contributed by atoms with E-state index < -0.39 is 42.3 Å². The topological polar surface area (TPSA) is 85.6 Å². The van der Waals surface area contributed by atoms with Crippen molar-refractivity contribution in [1.29, 1.82) is 0 Å². The number of anilines is 1. The first-order valence-corrected chi connectivity index (χ1v) is 8.44. The van der Waals surface area contributed by atoms with Crippen molar-refractivity contribution in [3.8, 4) is 0 Å². The van der Waals surface area contributed by atoms with E-state index in [0.29, 0.717) is 0 Å². The molecule has 1 aromatic rings. The molecule has 1 fully saturated rings. The minimum absolute atomic E-state index is 0.279. The van der Waals surface area contributed by atoms with Gasteiger partial charge in [-0.25, -0.2) is 4.79 Å². The summed E-state index contributed by atoms with van der Waals surface area (Å²) < 4.78 is 41.2. The van der Waals surface area contributed by atoms with Crippen molar-refractivity contribution >= 4 is 5.82 Å². The van der Waals surface area contributed by atoms with E-state index in [9.17, 15) is 18.7 Å². The zero-order valence-corrected chi connectivity index (χ0v) is 15.9. The predicted molar refractivity (Wildman–Crippen MR) is 92.4 cm³/mol. The maximum absolute atomic E-state index is 14.9. The van der Waals surface area contributed by atoms with Crippen molar-refractivity contribution in [2.75, 3.05) is 11.9 Å². The van der Waals surface area contributed by atoms with Crippen LogP contribution in [0.4, 0.5) is 14.6 Å². The average molecular weight is 375 g/mol. The van der Waals surface area contributed by atoms with E-state index in [2.05, 4.69) is 10.3 Å². The van der Waals surface area contributed by atoms with E-state index in [-0.39, 0.29) is 11.4 Å². The number of rotatable bonds is 4. The van der Waals surface area contributed by atoms with Gasteiger partial charge in [0.05, 0.1) is 12.2 Å². The van der Waals surface area contributed by atoms with Crippen LogP contribution in [0.15, 0.2) is 17.1 Å². The predicted octanol–water partition coefficient (Wildman–Crippen LogP) is 2.16. The lowest BCUT2D eigenvalue weighted by Gasteiger charge is -2.30. The zero-order valence-electron chi connectivity index (χ0n) is 15.9. The number of hydrogen-bond donors (Lipinski definition) is 2. The molecule has 0 saturated carbocycles. The highest BCUT2D eigenvalue weighted by Gasteiger charge is 2.61. The Morgan fingerprint density at radius 1 is 1.35 bits per heavy atom. The largest absolute Gasteiger partial charge is 0.394 e. The average Bonchev–Trinajstić information content (AvgIpc) is 2.67. The second-order valence-corrected chi connectivity index (χ2v) is 8.41. The summed E-state index contributed by atoms with van der Waals surface area (Å²) in [6, 6.07) is 1.43. The minimum Gasteiger partial charge on any atom is -0.394 e. The second-order valence-electron chi connectivity index (χ2n) is 8.41. The molecule has 26 heavy (non-hydrogen) atoms. The summed E-state index contributed by atoms with van der Waals surface area (Å²) in [6.45, 7) is 9.89. The molecule has 0 aromatic carbocycles. The van der Waals surface area contributed by atoms with Crippen LogP contribution in [0.5, 0.6) is 0 Å². The van der Waals surface area contributed by atoms with Gasteiger partial charge in [-0.2, -0.15) is 13.8 Å². The van der Waals surface area contributed by atoms with Gasteiger partial charge in [-0.15, -0.1) is 0 Å². The van der Waals surface area contributed by atoms with E-state index >= 15 is 0 Å². The molecule has 2 rings (SSSR count). The molecule has 2 N–H and O–H groups in total. The Labute approximate surface area is 151 Å². The van der Waals surface area contributed by atoms with Gasteiger partial charge in [-0.1, -0.05) is 0 Å². The highest BCUT2D eigenvalue weighted by molar-refractivity contribution is 5.34. The summed E-state index contributed by atoms with van der Waals surface area (Å²) >= 11 is 0. The number of nitrogens with zero attached hydrogens (tertiary/aromatic N) is 2. The number of hydrogen-bond acceptors (Lipinski definition) is 6. The summed E-state index contributed by atoms with van der Waals surface area (Å²) in [5.41, 5.74) is -2.09. The number of aliphatic hydroxyl groups is 1. The van der Waals surface area contributed by atoms with Gasteiger partial charge in [0.2, 0.25) is 6.23 Å². The Morgan fingerprint density at radius 3 is 2.42 bits per heavy atom. The molecular formula is C17H27F2N3O4. The molecule has 2 heterocycles. The molecule has 1 saturated heterocycles. The highest BCUT2D eigenvalue weighted by Crippen LogP contribution is 2.45. The van der Waals surface area contributed by atoms with Gasteiger partial charge in [-0.3, -0.25) is 4.57 Å². The number of nitrogens with one attached hydrogen (secondary N) is 1. The first kappa shape index (κ1) is 20.7. The van der Waals surface area contributed by atoms with Crippen LogP contribution >= 0.6 is 0 Å². The molecule has 0 aliphatic carbocycles. The zero-order chi connectivity index (χ0) is 19.9. The normalized spacial score (nSPS) is 26.1. The van der Waals surface area contributed by atoms with Crippen molar-refractivity contribution in [2.45, 2.75) is 77.0 Å². The quantitative estimate of drug-likeness (QED) is 0.839. The Kier molecular flexibility index (Phi) is 5.47. The summed E-state index contributed by atoms with van der Waals surface area (Å²) in [5, 5.41) is 12.4. The van der Waals surface area contributed by atoms with Crippen LogP contribution in [-0.2, 0) is 9.47 Å². The molecular weight excluding hydrogens is 348 g/mol. The van der Waals surface area contributed by atoms with Crippen LogP contribution in [0.1, 0.15) is 47.8 Å². The molecule has 1 aromatic heterocycles. The highest BCUT2D eigenvalue weighted by atomic mass is 19.3. The van der Waals surface area contributed by atoms with E-state index in [4.69, 9.17) is 9.47 Å². The molecule has 1 aliphatic rings. The van der Waals surface area contributed by atoms with Crippen LogP contribution in [-0.4, -0.2) is 50.5 Å². The van der Waals surface area contributed by atoms with Gasteiger partial charge >= 0.3 is 11.6 Å². The maximum Gasteiger partial charge on any atom is 0.351 e. The number of aromatic nitrogens is 2. The molecule has 0 spiro atoms. The van der Waals surface area contributed by atoms with Crippen LogP contribution in [0, 0.1) is 0 Å². The summed E-state index contributed by atoms with van der Waals surface area (Å²) in [6.07, 6.45) is -3.64. The van der Waals surface area contributed by atoms with E-state index in [0.717, 1.165) is 4.57 Å². The molecule has 2 unspecified atom stereocenters. The molecule has 3 atom stereocenters. The number of alkyl halides is 2.